The molecule has 2 heterocycles. The van der Waals surface area contributed by atoms with Gasteiger partial charge in [0.1, 0.15) is 6.61 Å². The summed E-state index contributed by atoms with van der Waals surface area (Å²) in [6.07, 6.45) is -0.709. The van der Waals surface area contributed by atoms with Crippen LogP contribution in [-0.2, 0) is 9.59 Å². The highest BCUT2D eigenvalue weighted by Crippen LogP contribution is 2.32. The lowest BCUT2D eigenvalue weighted by molar-refractivity contribution is -0.143. The number of hydrogen-bond acceptors (Lipinski definition) is 4. The van der Waals surface area contributed by atoms with Crippen molar-refractivity contribution in [2.24, 2.45) is 11.8 Å². The van der Waals surface area contributed by atoms with Gasteiger partial charge in [-0.25, -0.2) is 0 Å². The molecule has 1 aromatic rings. The lowest BCUT2D eigenvalue weighted by Gasteiger charge is -2.28. The molecule has 0 radical (unpaired) electrons. The Balaban J connectivity index is 1.69. The van der Waals surface area contributed by atoms with Crippen molar-refractivity contribution in [1.82, 2.24) is 4.90 Å². The number of amides is 1. The standard InChI is InChI=1S/C15H17NO5/c1-9-6-16(7-10(9)15(18)19)14(17)13-8-20-11-4-2-3-5-12(11)21-13/h2-5,9-10,13H,6-8H2,1H3,(H,18,19)/t9-,10-,13?/m1/s1. The van der Waals surface area contributed by atoms with Crippen molar-refractivity contribution < 1.29 is 24.2 Å². The molecule has 1 N–H and O–H groups in total. The zero-order chi connectivity index (χ0) is 15.0. The summed E-state index contributed by atoms with van der Waals surface area (Å²) in [5.74, 6) is -0.457. The number of aliphatic carboxylic acids is 1. The Bertz CT molecular complexity index is 573. The number of rotatable bonds is 2. The summed E-state index contributed by atoms with van der Waals surface area (Å²) in [6, 6.07) is 7.19. The molecule has 1 amide bonds. The molecule has 0 spiro atoms. The zero-order valence-electron chi connectivity index (χ0n) is 11.7. The van der Waals surface area contributed by atoms with Crippen LogP contribution < -0.4 is 9.47 Å². The van der Waals surface area contributed by atoms with Gasteiger partial charge in [0, 0.05) is 13.1 Å². The number of nitrogens with zero attached hydrogens (tertiary/aromatic N) is 1. The van der Waals surface area contributed by atoms with Crippen molar-refractivity contribution in [1.29, 1.82) is 0 Å². The fourth-order valence-electron chi connectivity index (χ4n) is 2.81. The number of benzene rings is 1. The fourth-order valence-corrected chi connectivity index (χ4v) is 2.81. The Morgan fingerprint density at radius 2 is 1.95 bits per heavy atom. The zero-order valence-corrected chi connectivity index (χ0v) is 11.7. The Kier molecular flexibility index (Phi) is 3.45. The van der Waals surface area contributed by atoms with E-state index in [1.807, 2.05) is 19.1 Å². The summed E-state index contributed by atoms with van der Waals surface area (Å²) in [7, 11) is 0. The second-order valence-corrected chi connectivity index (χ2v) is 5.53. The van der Waals surface area contributed by atoms with Crippen LogP contribution in [0.1, 0.15) is 6.92 Å². The average molecular weight is 291 g/mol. The second-order valence-electron chi connectivity index (χ2n) is 5.53. The first-order valence-electron chi connectivity index (χ1n) is 6.96. The van der Waals surface area contributed by atoms with Gasteiger partial charge in [0.2, 0.25) is 6.10 Å². The SMILES string of the molecule is C[C@@H]1CN(C(=O)C2COc3ccccc3O2)C[C@H]1C(=O)O. The van der Waals surface area contributed by atoms with E-state index in [1.165, 1.54) is 0 Å². The van der Waals surface area contributed by atoms with E-state index < -0.39 is 18.0 Å². The maximum Gasteiger partial charge on any atom is 0.308 e. The van der Waals surface area contributed by atoms with Crippen LogP contribution >= 0.6 is 0 Å². The molecule has 1 fully saturated rings. The molecule has 2 aliphatic rings. The van der Waals surface area contributed by atoms with Crippen LogP contribution in [-0.4, -0.2) is 47.7 Å². The molecule has 1 saturated heterocycles. The average Bonchev–Trinajstić information content (AvgIpc) is 2.88. The highest BCUT2D eigenvalue weighted by Gasteiger charge is 2.40. The van der Waals surface area contributed by atoms with Gasteiger partial charge in [-0.3, -0.25) is 9.59 Å². The molecule has 1 aromatic carbocycles. The molecule has 6 heteroatoms. The van der Waals surface area contributed by atoms with Crippen molar-refractivity contribution in [2.75, 3.05) is 19.7 Å². The maximum atomic E-state index is 12.5. The molecule has 6 nitrogen and oxygen atoms in total. The second kappa shape index (κ2) is 5.27. The molecule has 0 saturated carbocycles. The van der Waals surface area contributed by atoms with Gasteiger partial charge in [0.15, 0.2) is 11.5 Å². The molecular formula is C15H17NO5. The molecular weight excluding hydrogens is 274 g/mol. The largest absolute Gasteiger partial charge is 0.485 e. The van der Waals surface area contributed by atoms with E-state index in [1.54, 1.807) is 17.0 Å². The van der Waals surface area contributed by atoms with Crippen LogP contribution in [0.2, 0.25) is 0 Å². The third-order valence-electron chi connectivity index (χ3n) is 4.03. The van der Waals surface area contributed by atoms with Crippen LogP contribution in [0.5, 0.6) is 11.5 Å². The van der Waals surface area contributed by atoms with Crippen molar-refractivity contribution in [3.63, 3.8) is 0 Å². The summed E-state index contributed by atoms with van der Waals surface area (Å²) >= 11 is 0. The Morgan fingerprint density at radius 1 is 1.24 bits per heavy atom. The molecule has 112 valence electrons. The minimum absolute atomic E-state index is 0.0526. The first kappa shape index (κ1) is 13.7. The van der Waals surface area contributed by atoms with E-state index in [4.69, 9.17) is 14.6 Å². The minimum Gasteiger partial charge on any atom is -0.485 e. The maximum absolute atomic E-state index is 12.5. The lowest BCUT2D eigenvalue weighted by atomic mass is 9.99. The summed E-state index contributed by atoms with van der Waals surface area (Å²) in [5, 5.41) is 9.13. The third kappa shape index (κ3) is 2.53. The number of carboxylic acids is 1. The summed E-state index contributed by atoms with van der Waals surface area (Å²) in [6.45, 7) is 2.67. The highest BCUT2D eigenvalue weighted by molar-refractivity contribution is 5.83. The number of carboxylic acid groups (broad SMARTS) is 1. The first-order valence-corrected chi connectivity index (χ1v) is 6.96. The monoisotopic (exact) mass is 291 g/mol. The molecule has 0 aromatic heterocycles. The number of para-hydroxylation sites is 2. The summed E-state index contributed by atoms with van der Waals surface area (Å²) in [4.78, 5) is 25.1. The molecule has 1 unspecified atom stereocenters. The number of ether oxygens (including phenoxy) is 2. The Morgan fingerprint density at radius 3 is 2.62 bits per heavy atom. The smallest absolute Gasteiger partial charge is 0.308 e. The van der Waals surface area contributed by atoms with Crippen LogP contribution in [0.3, 0.4) is 0 Å². The predicted molar refractivity (Wildman–Crippen MR) is 73.2 cm³/mol. The quantitative estimate of drug-likeness (QED) is 0.880. The first-order chi connectivity index (χ1) is 10.1. The van der Waals surface area contributed by atoms with E-state index in [9.17, 15) is 9.59 Å². The van der Waals surface area contributed by atoms with E-state index in [-0.39, 0.29) is 25.0 Å². The molecule has 0 bridgehead atoms. The Hall–Kier alpha value is -2.24. The van der Waals surface area contributed by atoms with Gasteiger partial charge in [0.25, 0.3) is 5.91 Å². The van der Waals surface area contributed by atoms with E-state index >= 15 is 0 Å². The van der Waals surface area contributed by atoms with E-state index in [0.717, 1.165) is 0 Å². The van der Waals surface area contributed by atoms with Crippen LogP contribution in [0.25, 0.3) is 0 Å². The van der Waals surface area contributed by atoms with Crippen molar-refractivity contribution in [3.8, 4) is 11.5 Å². The van der Waals surface area contributed by atoms with Gasteiger partial charge in [0.05, 0.1) is 5.92 Å². The van der Waals surface area contributed by atoms with Gasteiger partial charge >= 0.3 is 5.97 Å². The molecule has 3 atom stereocenters. The van der Waals surface area contributed by atoms with Crippen molar-refractivity contribution in [3.05, 3.63) is 24.3 Å². The number of carbonyl (C=O) groups is 2. The van der Waals surface area contributed by atoms with Gasteiger partial charge in [-0.2, -0.15) is 0 Å². The lowest BCUT2D eigenvalue weighted by Crippen LogP contribution is -2.45. The Labute approximate surface area is 122 Å². The van der Waals surface area contributed by atoms with Crippen molar-refractivity contribution in [2.45, 2.75) is 13.0 Å². The normalized spacial score (nSPS) is 27.5. The molecule has 21 heavy (non-hydrogen) atoms. The van der Waals surface area contributed by atoms with Crippen LogP contribution in [0.15, 0.2) is 24.3 Å². The molecule has 0 aliphatic carbocycles. The summed E-state index contributed by atoms with van der Waals surface area (Å²) in [5.41, 5.74) is 0. The van der Waals surface area contributed by atoms with Gasteiger partial charge in [-0.05, 0) is 18.1 Å². The van der Waals surface area contributed by atoms with Crippen LogP contribution in [0.4, 0.5) is 0 Å². The number of carbonyl (C=O) groups excluding carboxylic acids is 1. The van der Waals surface area contributed by atoms with Gasteiger partial charge in [-0.15, -0.1) is 0 Å². The predicted octanol–water partition coefficient (Wildman–Crippen LogP) is 1.01. The number of likely N-dealkylation sites (tertiary alicyclic amines) is 1. The van der Waals surface area contributed by atoms with E-state index in [2.05, 4.69) is 0 Å². The topological polar surface area (TPSA) is 76.1 Å². The number of hydrogen-bond donors (Lipinski definition) is 1. The van der Waals surface area contributed by atoms with Crippen LogP contribution in [0, 0.1) is 11.8 Å². The molecule has 3 rings (SSSR count). The van der Waals surface area contributed by atoms with Crippen molar-refractivity contribution >= 4 is 11.9 Å². The summed E-state index contributed by atoms with van der Waals surface area (Å²) < 4.78 is 11.2. The molecule has 2 aliphatic heterocycles. The van der Waals surface area contributed by atoms with Gasteiger partial charge in [-0.1, -0.05) is 19.1 Å². The van der Waals surface area contributed by atoms with Gasteiger partial charge < -0.3 is 19.5 Å². The minimum atomic E-state index is -0.857. The highest BCUT2D eigenvalue weighted by atomic mass is 16.6. The number of fused-ring (bicyclic) bond motifs is 1. The third-order valence-corrected chi connectivity index (χ3v) is 4.03. The van der Waals surface area contributed by atoms with E-state index in [0.29, 0.717) is 18.0 Å². The fraction of sp³-hybridized carbons (Fsp3) is 0.467.